The van der Waals surface area contributed by atoms with Crippen LogP contribution < -0.4 is 21.1 Å². The average Bonchev–Trinajstić information content (AvgIpc) is 2.55. The minimum Gasteiger partial charge on any atom is -0.423 e. The van der Waals surface area contributed by atoms with Gasteiger partial charge in [0.2, 0.25) is 5.91 Å². The Morgan fingerprint density at radius 2 is 1.52 bits per heavy atom. The Labute approximate surface area is 158 Å². The molecule has 2 rings (SSSR count). The van der Waals surface area contributed by atoms with E-state index < -0.39 is 5.97 Å². The average molecular weight is 368 g/mol. The van der Waals surface area contributed by atoms with Crippen molar-refractivity contribution in [3.63, 3.8) is 0 Å². The van der Waals surface area contributed by atoms with Crippen LogP contribution in [-0.2, 0) is 4.79 Å². The molecule has 2 aromatic carbocycles. The van der Waals surface area contributed by atoms with E-state index in [-0.39, 0.29) is 17.4 Å². The number of anilines is 1. The lowest BCUT2D eigenvalue weighted by Gasteiger charge is -2.35. The topological polar surface area (TPSA) is 111 Å². The maximum Gasteiger partial charge on any atom is 0.343 e. The zero-order valence-electron chi connectivity index (χ0n) is 15.9. The van der Waals surface area contributed by atoms with Gasteiger partial charge in [0.1, 0.15) is 5.75 Å². The Morgan fingerprint density at radius 3 is 1.96 bits per heavy atom. The molecule has 7 heteroatoms. The third kappa shape index (κ3) is 5.31. The summed E-state index contributed by atoms with van der Waals surface area (Å²) in [5, 5.41) is 0. The molecule has 1 amide bonds. The molecule has 7 nitrogen and oxygen atoms in total. The Kier molecular flexibility index (Phi) is 5.85. The van der Waals surface area contributed by atoms with Crippen LogP contribution in [0.1, 0.15) is 38.1 Å². The van der Waals surface area contributed by atoms with Crippen molar-refractivity contribution in [3.8, 4) is 5.75 Å². The number of amides is 1. The third-order valence-electron chi connectivity index (χ3n) is 3.65. The molecule has 0 aliphatic carbocycles. The van der Waals surface area contributed by atoms with Crippen molar-refractivity contribution in [2.45, 2.75) is 33.2 Å². The minimum absolute atomic E-state index is 0.0553. The second-order valence-electron chi connectivity index (χ2n) is 6.99. The lowest BCUT2D eigenvalue weighted by molar-refractivity contribution is -0.117. The first kappa shape index (κ1) is 20.0. The second kappa shape index (κ2) is 7.90. The van der Waals surface area contributed by atoms with Crippen LogP contribution >= 0.6 is 0 Å². The van der Waals surface area contributed by atoms with Gasteiger partial charge < -0.3 is 21.1 Å². The number of hydrogen-bond acceptors (Lipinski definition) is 4. The van der Waals surface area contributed by atoms with Crippen molar-refractivity contribution in [1.29, 1.82) is 0 Å². The Hall–Kier alpha value is -3.35. The van der Waals surface area contributed by atoms with E-state index in [0.717, 1.165) is 5.69 Å². The molecule has 0 saturated heterocycles. The summed E-state index contributed by atoms with van der Waals surface area (Å²) in [5.74, 6) is -0.235. The number of nitrogens with two attached hydrogens (primary N) is 2. The Morgan fingerprint density at radius 1 is 0.963 bits per heavy atom. The van der Waals surface area contributed by atoms with Gasteiger partial charge in [-0.25, -0.2) is 9.79 Å². The molecular formula is C20H24N4O3. The van der Waals surface area contributed by atoms with Crippen molar-refractivity contribution >= 4 is 29.2 Å². The third-order valence-corrected chi connectivity index (χ3v) is 3.65. The summed E-state index contributed by atoms with van der Waals surface area (Å²) in [6.45, 7) is 7.38. The lowest BCUT2D eigenvalue weighted by Crippen LogP contribution is -2.44. The first-order valence-corrected chi connectivity index (χ1v) is 8.40. The summed E-state index contributed by atoms with van der Waals surface area (Å²) in [6, 6.07) is 13.2. The van der Waals surface area contributed by atoms with E-state index in [1.807, 2.05) is 20.8 Å². The van der Waals surface area contributed by atoms with Crippen LogP contribution in [0.3, 0.4) is 0 Å². The highest BCUT2D eigenvalue weighted by atomic mass is 16.5. The Bertz CT molecular complexity index is 846. The number of benzene rings is 2. The van der Waals surface area contributed by atoms with E-state index in [1.165, 1.54) is 6.92 Å². The van der Waals surface area contributed by atoms with E-state index in [4.69, 9.17) is 16.2 Å². The van der Waals surface area contributed by atoms with Crippen LogP contribution in [0.25, 0.3) is 0 Å². The van der Waals surface area contributed by atoms with Gasteiger partial charge in [-0.05, 0) is 69.3 Å². The summed E-state index contributed by atoms with van der Waals surface area (Å²) in [6.07, 6.45) is 0. The summed E-state index contributed by atoms with van der Waals surface area (Å²) in [4.78, 5) is 29.8. The number of aliphatic imine (C=N–C) groups is 1. The van der Waals surface area contributed by atoms with Crippen molar-refractivity contribution in [3.05, 3.63) is 54.1 Å². The smallest absolute Gasteiger partial charge is 0.343 e. The highest BCUT2D eigenvalue weighted by molar-refractivity contribution is 5.93. The lowest BCUT2D eigenvalue weighted by atomic mass is 10.0. The highest BCUT2D eigenvalue weighted by Gasteiger charge is 2.25. The molecule has 0 aliphatic rings. The fourth-order valence-corrected chi connectivity index (χ4v) is 2.69. The molecule has 0 spiro atoms. The predicted molar refractivity (Wildman–Crippen MR) is 106 cm³/mol. The summed E-state index contributed by atoms with van der Waals surface area (Å²) >= 11 is 0. The molecule has 0 fully saturated rings. The monoisotopic (exact) mass is 368 g/mol. The van der Waals surface area contributed by atoms with Crippen LogP contribution in [-0.4, -0.2) is 23.4 Å². The van der Waals surface area contributed by atoms with E-state index in [9.17, 15) is 9.59 Å². The molecule has 0 bridgehead atoms. The number of carbonyl (C=O) groups is 2. The molecule has 4 N–H and O–H groups in total. The quantitative estimate of drug-likeness (QED) is 0.373. The molecule has 0 aliphatic heterocycles. The maximum absolute atomic E-state index is 12.3. The fourth-order valence-electron chi connectivity index (χ4n) is 2.69. The maximum atomic E-state index is 12.3. The number of ether oxygens (including phenoxy) is 1. The van der Waals surface area contributed by atoms with Crippen molar-refractivity contribution < 1.29 is 14.3 Å². The van der Waals surface area contributed by atoms with Crippen LogP contribution in [0.5, 0.6) is 5.75 Å². The summed E-state index contributed by atoms with van der Waals surface area (Å²) in [5.41, 5.74) is 11.9. The molecule has 0 unspecified atom stereocenters. The number of esters is 1. The summed E-state index contributed by atoms with van der Waals surface area (Å²) < 4.78 is 5.37. The molecular weight excluding hydrogens is 344 g/mol. The first-order chi connectivity index (χ1) is 12.6. The van der Waals surface area contributed by atoms with Crippen LogP contribution in [0.15, 0.2) is 53.5 Å². The molecule has 0 atom stereocenters. The molecule has 142 valence electrons. The van der Waals surface area contributed by atoms with Gasteiger partial charge in [-0.15, -0.1) is 0 Å². The van der Waals surface area contributed by atoms with Gasteiger partial charge in [0, 0.05) is 18.2 Å². The number of rotatable bonds is 4. The minimum atomic E-state index is -0.502. The number of hydrogen-bond donors (Lipinski definition) is 2. The fraction of sp³-hybridized carbons (Fsp3) is 0.250. The number of guanidine groups is 1. The van der Waals surface area contributed by atoms with E-state index >= 15 is 0 Å². The molecule has 27 heavy (non-hydrogen) atoms. The molecule has 0 aromatic heterocycles. The van der Waals surface area contributed by atoms with Crippen LogP contribution in [0.2, 0.25) is 0 Å². The van der Waals surface area contributed by atoms with E-state index in [1.54, 1.807) is 53.4 Å². The van der Waals surface area contributed by atoms with Crippen LogP contribution in [0, 0.1) is 0 Å². The molecule has 0 radical (unpaired) electrons. The van der Waals surface area contributed by atoms with Crippen LogP contribution in [0.4, 0.5) is 11.4 Å². The van der Waals surface area contributed by atoms with E-state index in [2.05, 4.69) is 4.99 Å². The SMILES string of the molecule is CC(=O)N(c1ccc(OC(=O)c2ccc(N=C(N)N)cc2)cc1)C(C)(C)C. The molecule has 2 aromatic rings. The van der Waals surface area contributed by atoms with Gasteiger partial charge in [-0.3, -0.25) is 4.79 Å². The van der Waals surface area contributed by atoms with Crippen molar-refractivity contribution in [1.82, 2.24) is 0 Å². The standard InChI is InChI=1S/C20H24N4O3/c1-13(25)24(20(2,3)4)16-9-11-17(12-10-16)27-18(26)14-5-7-15(8-6-14)23-19(21)22/h5-12H,1-4H3,(H4,21,22,23). The number of carbonyl (C=O) groups excluding carboxylic acids is 2. The zero-order chi connectivity index (χ0) is 20.2. The predicted octanol–water partition coefficient (Wildman–Crippen LogP) is 2.96. The second-order valence-corrected chi connectivity index (χ2v) is 6.99. The van der Waals surface area contributed by atoms with Gasteiger partial charge in [0.15, 0.2) is 5.96 Å². The van der Waals surface area contributed by atoms with Crippen molar-refractivity contribution in [2.75, 3.05) is 4.90 Å². The van der Waals surface area contributed by atoms with Gasteiger partial charge in [-0.2, -0.15) is 0 Å². The van der Waals surface area contributed by atoms with Gasteiger partial charge in [0.25, 0.3) is 0 Å². The normalized spacial score (nSPS) is 10.8. The van der Waals surface area contributed by atoms with Gasteiger partial charge >= 0.3 is 5.97 Å². The zero-order valence-corrected chi connectivity index (χ0v) is 15.9. The van der Waals surface area contributed by atoms with Crippen molar-refractivity contribution in [2.24, 2.45) is 16.5 Å². The first-order valence-electron chi connectivity index (χ1n) is 8.40. The Balaban J connectivity index is 2.13. The van der Waals surface area contributed by atoms with E-state index in [0.29, 0.717) is 17.0 Å². The highest BCUT2D eigenvalue weighted by Crippen LogP contribution is 2.26. The molecule has 0 heterocycles. The molecule has 0 saturated carbocycles. The largest absolute Gasteiger partial charge is 0.423 e. The van der Waals surface area contributed by atoms with Gasteiger partial charge in [-0.1, -0.05) is 0 Å². The van der Waals surface area contributed by atoms with Gasteiger partial charge in [0.05, 0.1) is 11.3 Å². The number of nitrogens with zero attached hydrogens (tertiary/aromatic N) is 2. The summed E-state index contributed by atoms with van der Waals surface area (Å²) in [7, 11) is 0.